The van der Waals surface area contributed by atoms with E-state index in [-0.39, 0.29) is 24.0 Å². The first-order valence-corrected chi connectivity index (χ1v) is 10.7. The first-order chi connectivity index (χ1) is 15.1. The van der Waals surface area contributed by atoms with Crippen molar-refractivity contribution in [3.05, 3.63) is 47.5 Å². The highest BCUT2D eigenvalue weighted by Gasteiger charge is 2.07. The normalized spacial score (nSPS) is 10.7. The highest BCUT2D eigenvalue weighted by molar-refractivity contribution is 14.0. The fraction of sp³-hybridized carbons (Fsp3) is 0.458. The summed E-state index contributed by atoms with van der Waals surface area (Å²) in [5.41, 5.74) is 2.35. The Kier molecular flexibility index (Phi) is 13.4. The molecule has 7 nitrogen and oxygen atoms in total. The molecule has 2 N–H and O–H groups in total. The van der Waals surface area contributed by atoms with Crippen molar-refractivity contribution in [2.45, 2.75) is 26.7 Å². The van der Waals surface area contributed by atoms with Crippen LogP contribution in [0.4, 0.5) is 0 Å². The number of aliphatic imine (C=N–C) groups is 1. The minimum absolute atomic E-state index is 0. The van der Waals surface area contributed by atoms with Gasteiger partial charge in [0.25, 0.3) is 0 Å². The summed E-state index contributed by atoms with van der Waals surface area (Å²) >= 11 is 0. The number of guanidine groups is 1. The van der Waals surface area contributed by atoms with Gasteiger partial charge in [0, 0.05) is 20.1 Å². The van der Waals surface area contributed by atoms with Crippen LogP contribution in [0.15, 0.2) is 41.4 Å². The highest BCUT2D eigenvalue weighted by Crippen LogP contribution is 2.29. The molecule has 0 unspecified atom stereocenters. The van der Waals surface area contributed by atoms with E-state index >= 15 is 0 Å². The maximum absolute atomic E-state index is 5.71. The average Bonchev–Trinajstić information content (AvgIpc) is 2.79. The largest absolute Gasteiger partial charge is 0.493 e. The van der Waals surface area contributed by atoms with E-state index in [1.54, 1.807) is 21.3 Å². The molecule has 0 saturated carbocycles. The van der Waals surface area contributed by atoms with E-state index in [1.165, 1.54) is 11.1 Å². The zero-order valence-corrected chi connectivity index (χ0v) is 22.0. The summed E-state index contributed by atoms with van der Waals surface area (Å²) in [6.45, 7) is 6.69. The molecule has 0 atom stereocenters. The van der Waals surface area contributed by atoms with Crippen LogP contribution in [0.25, 0.3) is 0 Å². The summed E-state index contributed by atoms with van der Waals surface area (Å²) in [7, 11) is 5.06. The van der Waals surface area contributed by atoms with Crippen LogP contribution in [0.2, 0.25) is 0 Å². The third-order valence-electron chi connectivity index (χ3n) is 4.69. The molecule has 0 spiro atoms. The second kappa shape index (κ2) is 15.4. The van der Waals surface area contributed by atoms with E-state index in [9.17, 15) is 0 Å². The lowest BCUT2D eigenvalue weighted by Gasteiger charge is -2.14. The third kappa shape index (κ3) is 8.64. The molecule has 0 amide bonds. The molecule has 0 aromatic heterocycles. The number of halogens is 1. The second-order valence-corrected chi connectivity index (χ2v) is 6.76. The van der Waals surface area contributed by atoms with E-state index in [2.05, 4.69) is 21.7 Å². The molecule has 0 fully saturated rings. The van der Waals surface area contributed by atoms with Gasteiger partial charge in [0.2, 0.25) is 0 Å². The SMILES string of the molecule is CCOc1ccc(CCNC(=NC)NCCc2ccc(OC)c(OC)c2)cc1OCC.I. The fourth-order valence-electron chi connectivity index (χ4n) is 3.16. The lowest BCUT2D eigenvalue weighted by atomic mass is 10.1. The summed E-state index contributed by atoms with van der Waals surface area (Å²) < 4.78 is 22.0. The van der Waals surface area contributed by atoms with Crippen LogP contribution in [-0.4, -0.2) is 53.5 Å². The van der Waals surface area contributed by atoms with Crippen LogP contribution in [0.5, 0.6) is 23.0 Å². The predicted molar refractivity (Wildman–Crippen MR) is 141 cm³/mol. The number of ether oxygens (including phenoxy) is 4. The van der Waals surface area contributed by atoms with E-state index in [0.717, 1.165) is 54.9 Å². The van der Waals surface area contributed by atoms with Crippen LogP contribution in [-0.2, 0) is 12.8 Å². The molecule has 32 heavy (non-hydrogen) atoms. The van der Waals surface area contributed by atoms with Crippen molar-refractivity contribution in [1.82, 2.24) is 10.6 Å². The van der Waals surface area contributed by atoms with E-state index in [1.807, 2.05) is 44.2 Å². The van der Waals surface area contributed by atoms with Crippen LogP contribution < -0.4 is 29.6 Å². The standard InChI is InChI=1S/C24H35N3O4.HI/c1-6-30-21-11-9-19(17-23(21)31-7-2)13-15-27-24(25-3)26-14-12-18-8-10-20(28-4)22(16-18)29-5;/h8-11,16-17H,6-7,12-15H2,1-5H3,(H2,25,26,27);1H. The molecule has 2 aromatic carbocycles. The molecular formula is C24H36IN3O4. The van der Waals surface area contributed by atoms with Crippen LogP contribution in [0, 0.1) is 0 Å². The number of benzene rings is 2. The molecule has 0 bridgehead atoms. The van der Waals surface area contributed by atoms with E-state index in [0.29, 0.717) is 13.2 Å². The van der Waals surface area contributed by atoms with Crippen LogP contribution >= 0.6 is 24.0 Å². The molecular weight excluding hydrogens is 521 g/mol. The van der Waals surface area contributed by atoms with Crippen molar-refractivity contribution in [2.24, 2.45) is 4.99 Å². The quantitative estimate of drug-likeness (QED) is 0.233. The van der Waals surface area contributed by atoms with Gasteiger partial charge in [-0.25, -0.2) is 0 Å². The van der Waals surface area contributed by atoms with Crippen molar-refractivity contribution in [1.29, 1.82) is 0 Å². The maximum Gasteiger partial charge on any atom is 0.190 e. The summed E-state index contributed by atoms with van der Waals surface area (Å²) in [6, 6.07) is 12.1. The van der Waals surface area contributed by atoms with Crippen molar-refractivity contribution < 1.29 is 18.9 Å². The monoisotopic (exact) mass is 557 g/mol. The molecule has 2 aromatic rings. The Morgan fingerprint density at radius 1 is 0.750 bits per heavy atom. The minimum Gasteiger partial charge on any atom is -0.493 e. The first kappa shape index (κ1) is 27.7. The lowest BCUT2D eigenvalue weighted by molar-refractivity contribution is 0.287. The second-order valence-electron chi connectivity index (χ2n) is 6.76. The van der Waals surface area contributed by atoms with Gasteiger partial charge in [-0.05, 0) is 62.1 Å². The predicted octanol–water partition coefficient (Wildman–Crippen LogP) is 4.07. The Morgan fingerprint density at radius 2 is 1.25 bits per heavy atom. The zero-order chi connectivity index (χ0) is 22.5. The van der Waals surface area contributed by atoms with Gasteiger partial charge in [-0.1, -0.05) is 12.1 Å². The van der Waals surface area contributed by atoms with E-state index in [4.69, 9.17) is 18.9 Å². The highest BCUT2D eigenvalue weighted by atomic mass is 127. The lowest BCUT2D eigenvalue weighted by Crippen LogP contribution is -2.39. The molecule has 0 aliphatic heterocycles. The Morgan fingerprint density at radius 3 is 1.75 bits per heavy atom. The zero-order valence-electron chi connectivity index (χ0n) is 19.7. The summed E-state index contributed by atoms with van der Waals surface area (Å²) in [6.07, 6.45) is 1.69. The Labute approximate surface area is 208 Å². The molecule has 0 aliphatic carbocycles. The van der Waals surface area contributed by atoms with Gasteiger partial charge in [-0.2, -0.15) is 0 Å². The van der Waals surface area contributed by atoms with Gasteiger partial charge in [0.15, 0.2) is 29.0 Å². The topological polar surface area (TPSA) is 73.3 Å². The van der Waals surface area contributed by atoms with Gasteiger partial charge >= 0.3 is 0 Å². The molecule has 8 heteroatoms. The molecule has 0 saturated heterocycles. The first-order valence-electron chi connectivity index (χ1n) is 10.7. The maximum atomic E-state index is 5.71. The van der Waals surface area contributed by atoms with Crippen molar-refractivity contribution in [3.8, 4) is 23.0 Å². The minimum atomic E-state index is 0. The van der Waals surface area contributed by atoms with Gasteiger partial charge in [0.1, 0.15) is 0 Å². The molecule has 0 radical (unpaired) electrons. The molecule has 0 heterocycles. The van der Waals surface area contributed by atoms with Crippen LogP contribution in [0.3, 0.4) is 0 Å². The Bertz CT molecular complexity index is 846. The Hall–Kier alpha value is -2.36. The number of nitrogens with zero attached hydrogens (tertiary/aromatic N) is 1. The van der Waals surface area contributed by atoms with Crippen molar-refractivity contribution >= 4 is 29.9 Å². The average molecular weight is 557 g/mol. The Balaban J connectivity index is 0.00000512. The molecule has 0 aliphatic rings. The smallest absolute Gasteiger partial charge is 0.190 e. The van der Waals surface area contributed by atoms with Gasteiger partial charge in [-0.15, -0.1) is 24.0 Å². The third-order valence-corrected chi connectivity index (χ3v) is 4.69. The van der Waals surface area contributed by atoms with Gasteiger partial charge < -0.3 is 29.6 Å². The fourth-order valence-corrected chi connectivity index (χ4v) is 3.16. The van der Waals surface area contributed by atoms with Gasteiger partial charge in [-0.3, -0.25) is 4.99 Å². The van der Waals surface area contributed by atoms with Crippen molar-refractivity contribution in [2.75, 3.05) is 47.6 Å². The summed E-state index contributed by atoms with van der Waals surface area (Å²) in [5, 5.41) is 6.71. The number of rotatable bonds is 12. The summed E-state index contributed by atoms with van der Waals surface area (Å²) in [5.74, 6) is 3.83. The number of hydrogen-bond donors (Lipinski definition) is 2. The number of hydrogen-bond acceptors (Lipinski definition) is 5. The molecule has 2 rings (SSSR count). The number of nitrogens with one attached hydrogen (secondary N) is 2. The van der Waals surface area contributed by atoms with Crippen molar-refractivity contribution in [3.63, 3.8) is 0 Å². The van der Waals surface area contributed by atoms with E-state index < -0.39 is 0 Å². The number of methoxy groups -OCH3 is 2. The van der Waals surface area contributed by atoms with Crippen LogP contribution in [0.1, 0.15) is 25.0 Å². The van der Waals surface area contributed by atoms with Gasteiger partial charge in [0.05, 0.1) is 27.4 Å². The molecule has 178 valence electrons. The summed E-state index contributed by atoms with van der Waals surface area (Å²) in [4.78, 5) is 4.30.